The Balaban J connectivity index is 2.34. The van der Waals surface area contributed by atoms with E-state index < -0.39 is 23.3 Å². The first-order chi connectivity index (χ1) is 9.71. The standard InChI is InChI=1S/C13H17N5O3/c1-7-8(5-14-12-15-6-16-18(7)12)10(19)17-9(11(20)21)13(2,3)4/h5-6,9H,1-4H3,(H,17,19)(H,20,21)/t9-/m0/s1. The molecule has 2 rings (SSSR count). The molecular formula is C13H17N5O3. The first-order valence-electron chi connectivity index (χ1n) is 6.41. The van der Waals surface area contributed by atoms with E-state index in [1.807, 2.05) is 0 Å². The van der Waals surface area contributed by atoms with E-state index in [4.69, 9.17) is 0 Å². The Hall–Kier alpha value is -2.51. The van der Waals surface area contributed by atoms with Crippen LogP contribution >= 0.6 is 0 Å². The minimum atomic E-state index is -1.08. The molecule has 2 aromatic heterocycles. The van der Waals surface area contributed by atoms with Crippen molar-refractivity contribution >= 4 is 17.7 Å². The fraction of sp³-hybridized carbons (Fsp3) is 0.462. The van der Waals surface area contributed by atoms with Gasteiger partial charge < -0.3 is 10.4 Å². The van der Waals surface area contributed by atoms with Crippen LogP contribution < -0.4 is 5.32 Å². The molecule has 1 amide bonds. The molecule has 2 N–H and O–H groups in total. The number of aliphatic carboxylic acids is 1. The van der Waals surface area contributed by atoms with Crippen LogP contribution in [0.5, 0.6) is 0 Å². The smallest absolute Gasteiger partial charge is 0.326 e. The van der Waals surface area contributed by atoms with Gasteiger partial charge in [0, 0.05) is 6.20 Å². The van der Waals surface area contributed by atoms with E-state index in [2.05, 4.69) is 20.4 Å². The summed E-state index contributed by atoms with van der Waals surface area (Å²) < 4.78 is 1.43. The fourth-order valence-electron chi connectivity index (χ4n) is 1.97. The highest BCUT2D eigenvalue weighted by molar-refractivity contribution is 5.97. The van der Waals surface area contributed by atoms with Crippen molar-refractivity contribution in [3.8, 4) is 0 Å². The van der Waals surface area contributed by atoms with Gasteiger partial charge in [-0.05, 0) is 12.3 Å². The van der Waals surface area contributed by atoms with Crippen molar-refractivity contribution in [2.75, 3.05) is 0 Å². The number of nitrogens with zero attached hydrogens (tertiary/aromatic N) is 4. The third kappa shape index (κ3) is 2.83. The monoisotopic (exact) mass is 291 g/mol. The Morgan fingerprint density at radius 1 is 1.33 bits per heavy atom. The quantitative estimate of drug-likeness (QED) is 0.859. The second-order valence-corrected chi connectivity index (χ2v) is 5.84. The molecule has 0 aromatic carbocycles. The number of carboxylic acids is 1. The van der Waals surface area contributed by atoms with Gasteiger partial charge in [0.1, 0.15) is 12.4 Å². The summed E-state index contributed by atoms with van der Waals surface area (Å²) in [5.74, 6) is -1.20. The maximum Gasteiger partial charge on any atom is 0.326 e. The summed E-state index contributed by atoms with van der Waals surface area (Å²) >= 11 is 0. The van der Waals surface area contributed by atoms with Gasteiger partial charge >= 0.3 is 5.97 Å². The number of carbonyl (C=O) groups is 2. The Kier molecular flexibility index (Phi) is 3.63. The van der Waals surface area contributed by atoms with Crippen LogP contribution in [0.15, 0.2) is 12.5 Å². The molecule has 2 aromatic rings. The predicted octanol–water partition coefficient (Wildman–Crippen LogP) is 0.662. The second kappa shape index (κ2) is 5.12. The number of carboxylic acid groups (broad SMARTS) is 1. The summed E-state index contributed by atoms with van der Waals surface area (Å²) in [5.41, 5.74) is 0.205. The molecule has 0 saturated heterocycles. The van der Waals surface area contributed by atoms with Crippen LogP contribution in [0.2, 0.25) is 0 Å². The number of fused-ring (bicyclic) bond motifs is 1. The van der Waals surface area contributed by atoms with E-state index >= 15 is 0 Å². The molecule has 21 heavy (non-hydrogen) atoms. The lowest BCUT2D eigenvalue weighted by Crippen LogP contribution is -2.49. The number of rotatable bonds is 3. The molecule has 0 spiro atoms. The average Bonchev–Trinajstić information content (AvgIpc) is 2.83. The summed E-state index contributed by atoms with van der Waals surface area (Å²) in [6.45, 7) is 6.94. The van der Waals surface area contributed by atoms with Crippen LogP contribution in [-0.4, -0.2) is 42.6 Å². The summed E-state index contributed by atoms with van der Waals surface area (Å²) in [6.07, 6.45) is 2.71. The molecule has 8 nitrogen and oxygen atoms in total. The maximum absolute atomic E-state index is 12.3. The van der Waals surface area contributed by atoms with Gasteiger partial charge in [-0.3, -0.25) is 4.79 Å². The first kappa shape index (κ1) is 14.9. The second-order valence-electron chi connectivity index (χ2n) is 5.84. The minimum absolute atomic E-state index is 0.267. The van der Waals surface area contributed by atoms with Gasteiger partial charge in [0.15, 0.2) is 0 Å². The molecule has 0 fully saturated rings. The highest BCUT2D eigenvalue weighted by atomic mass is 16.4. The van der Waals surface area contributed by atoms with Crippen molar-refractivity contribution in [1.82, 2.24) is 24.9 Å². The van der Waals surface area contributed by atoms with Gasteiger partial charge in [-0.2, -0.15) is 10.1 Å². The Labute approximate surface area is 121 Å². The molecule has 1 atom stereocenters. The number of nitrogens with one attached hydrogen (secondary N) is 1. The van der Waals surface area contributed by atoms with Crippen molar-refractivity contribution in [2.24, 2.45) is 5.41 Å². The summed E-state index contributed by atoms with van der Waals surface area (Å²) in [5, 5.41) is 15.8. The zero-order chi connectivity index (χ0) is 15.8. The molecule has 0 aliphatic carbocycles. The largest absolute Gasteiger partial charge is 0.480 e. The SMILES string of the molecule is Cc1c(C(=O)N[C@@H](C(=O)O)C(C)(C)C)cnc2ncnn12. The van der Waals surface area contributed by atoms with Crippen molar-refractivity contribution in [3.05, 3.63) is 23.8 Å². The van der Waals surface area contributed by atoms with Crippen molar-refractivity contribution < 1.29 is 14.7 Å². The van der Waals surface area contributed by atoms with Gasteiger partial charge in [0.2, 0.25) is 0 Å². The van der Waals surface area contributed by atoms with Gasteiger partial charge in [-0.1, -0.05) is 20.8 Å². The van der Waals surface area contributed by atoms with E-state index in [0.717, 1.165) is 0 Å². The van der Waals surface area contributed by atoms with Crippen LogP contribution in [0.3, 0.4) is 0 Å². The zero-order valence-corrected chi connectivity index (χ0v) is 12.3. The van der Waals surface area contributed by atoms with Crippen LogP contribution in [0.1, 0.15) is 36.8 Å². The van der Waals surface area contributed by atoms with Crippen molar-refractivity contribution in [1.29, 1.82) is 0 Å². The lowest BCUT2D eigenvalue weighted by Gasteiger charge is -2.27. The van der Waals surface area contributed by atoms with E-state index in [1.54, 1.807) is 27.7 Å². The van der Waals surface area contributed by atoms with E-state index in [9.17, 15) is 14.7 Å². The number of amides is 1. The highest BCUT2D eigenvalue weighted by Gasteiger charge is 2.33. The normalized spacial score (nSPS) is 13.1. The van der Waals surface area contributed by atoms with Gasteiger partial charge in [-0.15, -0.1) is 0 Å². The summed E-state index contributed by atoms with van der Waals surface area (Å²) in [7, 11) is 0. The lowest BCUT2D eigenvalue weighted by atomic mass is 9.86. The molecule has 2 heterocycles. The van der Waals surface area contributed by atoms with Crippen LogP contribution in [0.25, 0.3) is 5.78 Å². The molecule has 0 unspecified atom stereocenters. The third-order valence-electron chi connectivity index (χ3n) is 3.18. The molecule has 0 radical (unpaired) electrons. The number of hydrogen-bond acceptors (Lipinski definition) is 5. The number of carbonyl (C=O) groups excluding carboxylic acids is 1. The molecule has 0 aliphatic rings. The van der Waals surface area contributed by atoms with E-state index in [-0.39, 0.29) is 5.56 Å². The van der Waals surface area contributed by atoms with E-state index in [0.29, 0.717) is 11.5 Å². The van der Waals surface area contributed by atoms with Crippen LogP contribution in [-0.2, 0) is 4.79 Å². The fourth-order valence-corrected chi connectivity index (χ4v) is 1.97. The van der Waals surface area contributed by atoms with Crippen molar-refractivity contribution in [2.45, 2.75) is 33.7 Å². The molecule has 8 heteroatoms. The van der Waals surface area contributed by atoms with Gasteiger partial charge in [0.05, 0.1) is 11.3 Å². The highest BCUT2D eigenvalue weighted by Crippen LogP contribution is 2.20. The molecular weight excluding hydrogens is 274 g/mol. The first-order valence-corrected chi connectivity index (χ1v) is 6.41. The summed E-state index contributed by atoms with van der Waals surface area (Å²) in [4.78, 5) is 31.6. The maximum atomic E-state index is 12.3. The summed E-state index contributed by atoms with van der Waals surface area (Å²) in [6, 6.07) is -1.00. The topological polar surface area (TPSA) is 109 Å². The zero-order valence-electron chi connectivity index (χ0n) is 12.3. The average molecular weight is 291 g/mol. The van der Waals surface area contributed by atoms with Gasteiger partial charge in [0.25, 0.3) is 11.7 Å². The minimum Gasteiger partial charge on any atom is -0.480 e. The third-order valence-corrected chi connectivity index (χ3v) is 3.18. The van der Waals surface area contributed by atoms with Crippen LogP contribution in [0.4, 0.5) is 0 Å². The predicted molar refractivity (Wildman–Crippen MR) is 73.9 cm³/mol. The Bertz CT molecular complexity index is 701. The van der Waals surface area contributed by atoms with Crippen LogP contribution in [0, 0.1) is 12.3 Å². The Morgan fingerprint density at radius 3 is 2.57 bits per heavy atom. The number of hydrogen-bond donors (Lipinski definition) is 2. The van der Waals surface area contributed by atoms with Crippen molar-refractivity contribution in [3.63, 3.8) is 0 Å². The van der Waals surface area contributed by atoms with Gasteiger partial charge in [-0.25, -0.2) is 14.3 Å². The number of aryl methyl sites for hydroxylation is 1. The number of aromatic nitrogens is 4. The molecule has 0 aliphatic heterocycles. The molecule has 0 bridgehead atoms. The molecule has 112 valence electrons. The van der Waals surface area contributed by atoms with E-state index in [1.165, 1.54) is 17.0 Å². The molecule has 0 saturated carbocycles. The Morgan fingerprint density at radius 2 is 2.00 bits per heavy atom. The lowest BCUT2D eigenvalue weighted by molar-refractivity contribution is -0.142.